The van der Waals surface area contributed by atoms with Gasteiger partial charge in [0.05, 0.1) is 0 Å². The van der Waals surface area contributed by atoms with E-state index in [-0.39, 0.29) is 0 Å². The van der Waals surface area contributed by atoms with Gasteiger partial charge in [0.2, 0.25) is 0 Å². The van der Waals surface area contributed by atoms with Crippen molar-refractivity contribution in [3.05, 3.63) is 35.9 Å². The molecule has 0 aliphatic carbocycles. The molecule has 2 heterocycles. The molecule has 1 aromatic carbocycles. The molecule has 2 atom stereocenters. The zero-order valence-electron chi connectivity index (χ0n) is 11.5. The van der Waals surface area contributed by atoms with Gasteiger partial charge in [0.15, 0.2) is 0 Å². The van der Waals surface area contributed by atoms with Crippen LogP contribution < -0.4 is 5.73 Å². The van der Waals surface area contributed by atoms with Gasteiger partial charge in [-0.1, -0.05) is 43.2 Å². The van der Waals surface area contributed by atoms with E-state index < -0.39 is 0 Å². The van der Waals surface area contributed by atoms with Crippen molar-refractivity contribution in [2.75, 3.05) is 7.05 Å². The lowest BCUT2D eigenvalue weighted by Gasteiger charge is -2.27. The van der Waals surface area contributed by atoms with Crippen LogP contribution in [0.1, 0.15) is 44.1 Å². The number of nitrogens with zero attached hydrogens (tertiary/aromatic N) is 1. The third-order valence-electron chi connectivity index (χ3n) is 4.30. The van der Waals surface area contributed by atoms with E-state index >= 15 is 0 Å². The third-order valence-corrected chi connectivity index (χ3v) is 4.30. The lowest BCUT2D eigenvalue weighted by Crippen LogP contribution is -2.33. The van der Waals surface area contributed by atoms with Crippen LogP contribution >= 0.6 is 0 Å². The first kappa shape index (κ1) is 13.6. The molecule has 0 amide bonds. The molecule has 2 aliphatic rings. The molecule has 2 N–H and O–H groups in total. The number of hydrogen-bond donors (Lipinski definition) is 1. The van der Waals surface area contributed by atoms with Gasteiger partial charge in [-0.2, -0.15) is 0 Å². The zero-order chi connectivity index (χ0) is 12.8. The van der Waals surface area contributed by atoms with E-state index in [1.807, 2.05) is 0 Å². The number of rotatable bonds is 2. The van der Waals surface area contributed by atoms with Gasteiger partial charge in [-0.15, -0.1) is 0 Å². The minimum Gasteiger partial charge on any atom is -0.333 e. The van der Waals surface area contributed by atoms with E-state index in [1.54, 1.807) is 0 Å². The monoisotopic (exact) mass is 246 g/mol. The fraction of sp³-hybridized carbons (Fsp3) is 0.625. The zero-order valence-corrected chi connectivity index (χ0v) is 11.5. The lowest BCUT2D eigenvalue weighted by atomic mass is 10.0. The van der Waals surface area contributed by atoms with Crippen molar-refractivity contribution in [3.8, 4) is 0 Å². The highest BCUT2D eigenvalue weighted by atomic mass is 15.2. The average Bonchev–Trinajstić information content (AvgIpc) is 2.67. The molecule has 2 fully saturated rings. The van der Waals surface area contributed by atoms with Crippen LogP contribution in [0.5, 0.6) is 0 Å². The van der Waals surface area contributed by atoms with E-state index in [2.05, 4.69) is 41.0 Å². The van der Waals surface area contributed by atoms with Crippen LogP contribution in [0.15, 0.2) is 30.3 Å². The average molecular weight is 246 g/mol. The van der Waals surface area contributed by atoms with Crippen molar-refractivity contribution in [3.63, 3.8) is 0 Å². The lowest BCUT2D eigenvalue weighted by molar-refractivity contribution is 0.185. The smallest absolute Gasteiger partial charge is 0.0239 e. The Morgan fingerprint density at radius 1 is 0.944 bits per heavy atom. The highest BCUT2D eigenvalue weighted by Crippen LogP contribution is 2.35. The Morgan fingerprint density at radius 2 is 1.50 bits per heavy atom. The van der Waals surface area contributed by atoms with E-state index in [0.29, 0.717) is 0 Å². The minimum absolute atomic E-state index is 0.882. The van der Waals surface area contributed by atoms with Gasteiger partial charge < -0.3 is 5.73 Å². The summed E-state index contributed by atoms with van der Waals surface area (Å²) in [4.78, 5) is 2.78. The highest BCUT2D eigenvalue weighted by Gasteiger charge is 2.34. The number of hydrogen-bond acceptors (Lipinski definition) is 2. The fourth-order valence-corrected chi connectivity index (χ4v) is 3.45. The second kappa shape index (κ2) is 6.91. The molecular formula is C16H26N2. The highest BCUT2D eigenvalue weighted by molar-refractivity contribution is 5.15. The van der Waals surface area contributed by atoms with Crippen molar-refractivity contribution >= 4 is 0 Å². The summed E-state index contributed by atoms with van der Waals surface area (Å²) in [7, 11) is 1.50. The molecule has 3 rings (SSSR count). The second-order valence-electron chi connectivity index (χ2n) is 5.33. The van der Waals surface area contributed by atoms with E-state index in [9.17, 15) is 0 Å². The molecule has 100 valence electrons. The topological polar surface area (TPSA) is 29.3 Å². The Labute approximate surface area is 111 Å². The third kappa shape index (κ3) is 3.12. The first-order valence-electron chi connectivity index (χ1n) is 7.31. The van der Waals surface area contributed by atoms with Crippen LogP contribution in [0.4, 0.5) is 0 Å². The number of benzene rings is 1. The molecule has 18 heavy (non-hydrogen) atoms. The van der Waals surface area contributed by atoms with Crippen LogP contribution in [0.3, 0.4) is 0 Å². The summed E-state index contributed by atoms with van der Waals surface area (Å²) in [6.45, 7) is 1.18. The van der Waals surface area contributed by atoms with Crippen LogP contribution in [0.2, 0.25) is 0 Å². The normalized spacial score (nSPS) is 27.2. The van der Waals surface area contributed by atoms with Gasteiger partial charge in [-0.3, -0.25) is 4.90 Å². The molecule has 0 saturated carbocycles. The Hall–Kier alpha value is -0.860. The van der Waals surface area contributed by atoms with Crippen molar-refractivity contribution in [2.24, 2.45) is 5.73 Å². The first-order chi connectivity index (χ1) is 8.93. The van der Waals surface area contributed by atoms with Gasteiger partial charge in [0, 0.05) is 18.6 Å². The summed E-state index contributed by atoms with van der Waals surface area (Å²) in [6.07, 6.45) is 8.65. The number of nitrogens with two attached hydrogens (primary N) is 1. The van der Waals surface area contributed by atoms with Gasteiger partial charge in [-0.25, -0.2) is 0 Å². The summed E-state index contributed by atoms with van der Waals surface area (Å²) in [5.74, 6) is 0. The van der Waals surface area contributed by atoms with Crippen LogP contribution in [0.25, 0.3) is 0 Å². The molecule has 2 nitrogen and oxygen atoms in total. The molecule has 2 saturated heterocycles. The van der Waals surface area contributed by atoms with Gasteiger partial charge in [-0.05, 0) is 38.3 Å². The molecule has 2 bridgehead atoms. The summed E-state index contributed by atoms with van der Waals surface area (Å²) in [6, 6.07) is 12.7. The predicted molar refractivity (Wildman–Crippen MR) is 77.4 cm³/mol. The fourth-order valence-electron chi connectivity index (χ4n) is 3.45. The van der Waals surface area contributed by atoms with Crippen LogP contribution in [-0.2, 0) is 6.54 Å². The van der Waals surface area contributed by atoms with E-state index in [4.69, 9.17) is 0 Å². The van der Waals surface area contributed by atoms with E-state index in [0.717, 1.165) is 12.1 Å². The van der Waals surface area contributed by atoms with Crippen LogP contribution in [-0.4, -0.2) is 24.0 Å². The Morgan fingerprint density at radius 3 is 2.06 bits per heavy atom. The van der Waals surface area contributed by atoms with Crippen molar-refractivity contribution in [1.29, 1.82) is 0 Å². The van der Waals surface area contributed by atoms with Crippen molar-refractivity contribution < 1.29 is 0 Å². The Bertz CT molecular complexity index is 322. The number of fused-ring (bicyclic) bond motifs is 2. The second-order valence-corrected chi connectivity index (χ2v) is 5.33. The molecule has 0 radical (unpaired) electrons. The molecule has 2 aliphatic heterocycles. The maximum atomic E-state index is 4.50. The Kier molecular flexibility index (Phi) is 5.21. The van der Waals surface area contributed by atoms with Crippen molar-refractivity contribution in [1.82, 2.24) is 4.90 Å². The summed E-state index contributed by atoms with van der Waals surface area (Å²) in [5.41, 5.74) is 5.99. The molecule has 2 heteroatoms. The van der Waals surface area contributed by atoms with E-state index in [1.165, 1.54) is 57.7 Å². The minimum atomic E-state index is 0.882. The summed E-state index contributed by atoms with van der Waals surface area (Å²) < 4.78 is 0. The van der Waals surface area contributed by atoms with Crippen molar-refractivity contribution in [2.45, 2.75) is 57.2 Å². The quantitative estimate of drug-likeness (QED) is 0.868. The maximum absolute atomic E-state index is 4.50. The predicted octanol–water partition coefficient (Wildman–Crippen LogP) is 3.17. The molecular weight excluding hydrogens is 220 g/mol. The molecule has 0 spiro atoms. The van der Waals surface area contributed by atoms with Gasteiger partial charge >= 0.3 is 0 Å². The summed E-state index contributed by atoms with van der Waals surface area (Å²) in [5, 5.41) is 0. The first-order valence-corrected chi connectivity index (χ1v) is 7.31. The summed E-state index contributed by atoms with van der Waals surface area (Å²) >= 11 is 0. The van der Waals surface area contributed by atoms with Gasteiger partial charge in [0.1, 0.15) is 0 Å². The SMILES string of the molecule is CN.c1ccc(CN2C3CCCCC2CC3)cc1. The standard InChI is InChI=1S/C15H21N.CH5N/c1-2-6-13(7-3-1)12-16-14-8-4-5-9-15(16)11-10-14;1-2/h1-3,6-7,14-15H,4-5,8-12H2;2H2,1H3. The van der Waals surface area contributed by atoms with Gasteiger partial charge in [0.25, 0.3) is 0 Å². The molecule has 2 unspecified atom stereocenters. The van der Waals surface area contributed by atoms with Crippen LogP contribution in [0, 0.1) is 0 Å². The molecule has 1 aromatic rings. The maximum Gasteiger partial charge on any atom is 0.0239 e. The Balaban J connectivity index is 0.000000574. The molecule has 0 aromatic heterocycles. The largest absolute Gasteiger partial charge is 0.333 e.